The molecule has 100 valence electrons. The van der Waals surface area contributed by atoms with Crippen molar-refractivity contribution in [3.63, 3.8) is 0 Å². The van der Waals surface area contributed by atoms with Crippen LogP contribution in [0.15, 0.2) is 18.2 Å². The third-order valence-corrected chi connectivity index (χ3v) is 3.04. The Morgan fingerprint density at radius 2 is 2.16 bits per heavy atom. The quantitative estimate of drug-likeness (QED) is 0.396. The molecule has 19 heavy (non-hydrogen) atoms. The second-order valence-corrected chi connectivity index (χ2v) is 4.96. The molecule has 1 aromatic rings. The molecular formula is C14H15NO3S. The summed E-state index contributed by atoms with van der Waals surface area (Å²) in [6.07, 6.45) is 0.628. The number of esters is 1. The Bertz CT molecular complexity index is 543. The van der Waals surface area contributed by atoms with Gasteiger partial charge < -0.3 is 10.5 Å². The summed E-state index contributed by atoms with van der Waals surface area (Å²) in [6, 6.07) is 4.95. The zero-order chi connectivity index (χ0) is 14.3. The Morgan fingerprint density at radius 1 is 1.42 bits per heavy atom. The molecular weight excluding hydrogens is 262 g/mol. The first kappa shape index (κ1) is 15.1. The fourth-order valence-corrected chi connectivity index (χ4v) is 1.84. The Hall–Kier alpha value is -1.93. The van der Waals surface area contributed by atoms with E-state index in [1.807, 2.05) is 0 Å². The summed E-state index contributed by atoms with van der Waals surface area (Å²) in [6.45, 7) is 1.53. The number of nitrogens with two attached hydrogens (primary N) is 1. The predicted molar refractivity (Wildman–Crippen MR) is 76.8 cm³/mol. The molecule has 1 rings (SSSR count). The first-order chi connectivity index (χ1) is 9.04. The Morgan fingerprint density at radius 3 is 2.74 bits per heavy atom. The van der Waals surface area contributed by atoms with Crippen LogP contribution in [0, 0.1) is 11.8 Å². The largest absolute Gasteiger partial charge is 0.465 e. The van der Waals surface area contributed by atoms with E-state index in [2.05, 4.69) is 16.6 Å². The predicted octanol–water partition coefficient (Wildman–Crippen LogP) is 2.08. The van der Waals surface area contributed by atoms with Gasteiger partial charge in [-0.25, -0.2) is 4.79 Å². The molecule has 0 bridgehead atoms. The van der Waals surface area contributed by atoms with Crippen LogP contribution in [0.3, 0.4) is 0 Å². The SMILES string of the molecule is COC(=O)c1ccc(C#CCCSC(C)=O)cc1N. The molecule has 4 nitrogen and oxygen atoms in total. The summed E-state index contributed by atoms with van der Waals surface area (Å²) in [5.74, 6) is 6.10. The molecule has 0 aliphatic heterocycles. The van der Waals surface area contributed by atoms with Crippen molar-refractivity contribution >= 4 is 28.5 Å². The molecule has 0 spiro atoms. The monoisotopic (exact) mass is 277 g/mol. The molecule has 0 amide bonds. The van der Waals surface area contributed by atoms with Crippen LogP contribution in [0.2, 0.25) is 0 Å². The van der Waals surface area contributed by atoms with E-state index in [4.69, 9.17) is 5.73 Å². The van der Waals surface area contributed by atoms with E-state index in [9.17, 15) is 9.59 Å². The van der Waals surface area contributed by atoms with E-state index in [0.29, 0.717) is 23.4 Å². The maximum Gasteiger partial charge on any atom is 0.339 e. The van der Waals surface area contributed by atoms with Crippen LogP contribution in [0.4, 0.5) is 5.69 Å². The summed E-state index contributed by atoms with van der Waals surface area (Å²) >= 11 is 1.25. The number of thioether (sulfide) groups is 1. The molecule has 2 N–H and O–H groups in total. The van der Waals surface area contributed by atoms with Crippen molar-refractivity contribution in [2.45, 2.75) is 13.3 Å². The summed E-state index contributed by atoms with van der Waals surface area (Å²) in [4.78, 5) is 22.0. The topological polar surface area (TPSA) is 69.4 Å². The van der Waals surface area contributed by atoms with Crippen molar-refractivity contribution in [2.24, 2.45) is 0 Å². The third kappa shape index (κ3) is 5.06. The van der Waals surface area contributed by atoms with Gasteiger partial charge in [-0.2, -0.15) is 0 Å². The number of anilines is 1. The van der Waals surface area contributed by atoms with Gasteiger partial charge in [-0.15, -0.1) is 0 Å². The summed E-state index contributed by atoms with van der Waals surface area (Å²) in [5, 5.41) is 0.0912. The highest BCUT2D eigenvalue weighted by molar-refractivity contribution is 8.13. The first-order valence-corrected chi connectivity index (χ1v) is 6.63. The number of carbonyl (C=O) groups is 2. The molecule has 0 radical (unpaired) electrons. The number of nitrogen functional groups attached to an aromatic ring is 1. The van der Waals surface area contributed by atoms with Crippen LogP contribution in [-0.4, -0.2) is 23.9 Å². The van der Waals surface area contributed by atoms with Crippen molar-refractivity contribution < 1.29 is 14.3 Å². The number of hydrogen-bond acceptors (Lipinski definition) is 5. The van der Waals surface area contributed by atoms with Gasteiger partial charge in [-0.05, 0) is 18.2 Å². The molecule has 0 fully saturated rings. The van der Waals surface area contributed by atoms with Crippen LogP contribution >= 0.6 is 11.8 Å². The fourth-order valence-electron chi connectivity index (χ4n) is 1.35. The lowest BCUT2D eigenvalue weighted by Crippen LogP contribution is -2.05. The van der Waals surface area contributed by atoms with Crippen molar-refractivity contribution in [3.05, 3.63) is 29.3 Å². The van der Waals surface area contributed by atoms with E-state index in [1.54, 1.807) is 18.2 Å². The lowest BCUT2D eigenvalue weighted by atomic mass is 10.1. The number of benzene rings is 1. The van der Waals surface area contributed by atoms with Gasteiger partial charge in [0.25, 0.3) is 0 Å². The van der Waals surface area contributed by atoms with Crippen LogP contribution in [0.25, 0.3) is 0 Å². The van der Waals surface area contributed by atoms with Crippen LogP contribution in [0.5, 0.6) is 0 Å². The van der Waals surface area contributed by atoms with Crippen LogP contribution in [-0.2, 0) is 9.53 Å². The number of carbonyl (C=O) groups excluding carboxylic acids is 2. The minimum absolute atomic E-state index is 0.0912. The Labute approximate surface area is 116 Å². The summed E-state index contributed by atoms with van der Waals surface area (Å²) < 4.78 is 4.60. The Kier molecular flexibility index (Phi) is 5.97. The van der Waals surface area contributed by atoms with Gasteiger partial charge in [0.15, 0.2) is 5.12 Å². The average molecular weight is 277 g/mol. The molecule has 0 saturated carbocycles. The summed E-state index contributed by atoms with van der Waals surface area (Å²) in [7, 11) is 1.31. The van der Waals surface area contributed by atoms with Gasteiger partial charge in [0.05, 0.1) is 12.7 Å². The van der Waals surface area contributed by atoms with Gasteiger partial charge in [0.1, 0.15) is 0 Å². The van der Waals surface area contributed by atoms with Gasteiger partial charge in [-0.1, -0.05) is 23.6 Å². The maximum atomic E-state index is 11.3. The van der Waals surface area contributed by atoms with E-state index < -0.39 is 5.97 Å². The van der Waals surface area contributed by atoms with Crippen molar-refractivity contribution in [2.75, 3.05) is 18.6 Å². The third-order valence-electron chi connectivity index (χ3n) is 2.22. The van der Waals surface area contributed by atoms with Crippen LogP contribution in [0.1, 0.15) is 29.3 Å². The minimum atomic E-state index is -0.463. The molecule has 5 heteroatoms. The lowest BCUT2D eigenvalue weighted by Gasteiger charge is -2.03. The van der Waals surface area contributed by atoms with E-state index >= 15 is 0 Å². The molecule has 0 heterocycles. The summed E-state index contributed by atoms with van der Waals surface area (Å²) in [5.41, 5.74) is 7.16. The number of ether oxygens (including phenoxy) is 1. The number of hydrogen-bond donors (Lipinski definition) is 1. The molecule has 0 saturated heterocycles. The molecule has 1 aromatic carbocycles. The molecule has 0 aromatic heterocycles. The highest BCUT2D eigenvalue weighted by Gasteiger charge is 2.09. The number of methoxy groups -OCH3 is 1. The van der Waals surface area contributed by atoms with Gasteiger partial charge in [0, 0.05) is 30.3 Å². The fraction of sp³-hybridized carbons (Fsp3) is 0.286. The molecule has 0 aliphatic rings. The second kappa shape index (κ2) is 7.49. The number of rotatable bonds is 3. The van der Waals surface area contributed by atoms with E-state index in [-0.39, 0.29) is 5.12 Å². The smallest absolute Gasteiger partial charge is 0.339 e. The van der Waals surface area contributed by atoms with Crippen molar-refractivity contribution in [1.29, 1.82) is 0 Å². The molecule has 0 aliphatic carbocycles. The standard InChI is InChI=1S/C14H15NO3S/c1-10(16)19-8-4-3-5-11-6-7-12(13(15)9-11)14(17)18-2/h6-7,9H,4,8,15H2,1-2H3. The van der Waals surface area contributed by atoms with Gasteiger partial charge in [0.2, 0.25) is 0 Å². The second-order valence-electron chi connectivity index (χ2n) is 3.69. The van der Waals surface area contributed by atoms with Gasteiger partial charge >= 0.3 is 5.97 Å². The zero-order valence-electron chi connectivity index (χ0n) is 10.9. The normalized spacial score (nSPS) is 9.37. The van der Waals surface area contributed by atoms with Crippen LogP contribution < -0.4 is 5.73 Å². The zero-order valence-corrected chi connectivity index (χ0v) is 11.7. The Balaban J connectivity index is 2.66. The molecule has 0 atom stereocenters. The highest BCUT2D eigenvalue weighted by Crippen LogP contribution is 2.14. The van der Waals surface area contributed by atoms with Crippen molar-refractivity contribution in [1.82, 2.24) is 0 Å². The van der Waals surface area contributed by atoms with E-state index in [0.717, 1.165) is 5.56 Å². The highest BCUT2D eigenvalue weighted by atomic mass is 32.2. The molecule has 0 unspecified atom stereocenters. The average Bonchev–Trinajstić information content (AvgIpc) is 2.37. The lowest BCUT2D eigenvalue weighted by molar-refractivity contribution is -0.109. The van der Waals surface area contributed by atoms with E-state index in [1.165, 1.54) is 25.8 Å². The minimum Gasteiger partial charge on any atom is -0.465 e. The van der Waals surface area contributed by atoms with Gasteiger partial charge in [-0.3, -0.25) is 4.79 Å². The first-order valence-electron chi connectivity index (χ1n) is 5.64. The maximum absolute atomic E-state index is 11.3. The van der Waals surface area contributed by atoms with Crippen molar-refractivity contribution in [3.8, 4) is 11.8 Å².